The van der Waals surface area contributed by atoms with E-state index in [1.165, 1.54) is 6.07 Å². The van der Waals surface area contributed by atoms with Crippen molar-refractivity contribution in [2.75, 3.05) is 0 Å². The molecule has 1 aliphatic carbocycles. The molecule has 1 fully saturated rings. The molecule has 0 amide bonds. The molecule has 1 aliphatic rings. The summed E-state index contributed by atoms with van der Waals surface area (Å²) >= 11 is 0. The number of hydrogen-bond acceptors (Lipinski definition) is 3. The molecule has 1 aromatic rings. The van der Waals surface area contributed by atoms with Crippen molar-refractivity contribution >= 4 is 10.0 Å². The van der Waals surface area contributed by atoms with Gasteiger partial charge in [-0.15, -0.1) is 0 Å². The summed E-state index contributed by atoms with van der Waals surface area (Å²) in [5.41, 5.74) is 0.878. The number of aryl methyl sites for hydroxylation is 1. The van der Waals surface area contributed by atoms with Gasteiger partial charge in [-0.3, -0.25) is 0 Å². The molecule has 4 nitrogen and oxygen atoms in total. The minimum Gasteiger partial charge on any atom is -0.207 e. The Morgan fingerprint density at radius 3 is 2.50 bits per heavy atom. The molecule has 0 aromatic heterocycles. The topological polar surface area (TPSA) is 70.0 Å². The van der Waals surface area contributed by atoms with E-state index < -0.39 is 10.0 Å². The number of sulfonamides is 1. The standard InChI is InChI=1S/C13H16N2O2S/c1-10-8-12(5-4-11(10)9-14)18(16,17)15-13(2)6-3-7-13/h4-5,8,15H,3,6-7H2,1-2H3. The first kappa shape index (κ1) is 13.1. The Hall–Kier alpha value is -1.38. The summed E-state index contributed by atoms with van der Waals surface area (Å²) in [5, 5.41) is 8.83. The summed E-state index contributed by atoms with van der Waals surface area (Å²) in [4.78, 5) is 0.229. The van der Waals surface area contributed by atoms with Gasteiger partial charge in [-0.25, -0.2) is 13.1 Å². The minimum atomic E-state index is -3.49. The molecule has 1 aromatic carbocycles. The lowest BCUT2D eigenvalue weighted by Gasteiger charge is -2.38. The molecule has 0 heterocycles. The maximum atomic E-state index is 12.2. The minimum absolute atomic E-state index is 0.229. The van der Waals surface area contributed by atoms with Gasteiger partial charge >= 0.3 is 0 Å². The Labute approximate surface area is 108 Å². The van der Waals surface area contributed by atoms with Gasteiger partial charge in [0.2, 0.25) is 10.0 Å². The molecular weight excluding hydrogens is 248 g/mol. The summed E-state index contributed by atoms with van der Waals surface area (Å²) in [6.45, 7) is 3.66. The Kier molecular flexibility index (Phi) is 3.18. The van der Waals surface area contributed by atoms with Crippen molar-refractivity contribution in [2.24, 2.45) is 0 Å². The molecule has 1 saturated carbocycles. The van der Waals surface area contributed by atoms with Crippen LogP contribution in [0.2, 0.25) is 0 Å². The van der Waals surface area contributed by atoms with Crippen LogP contribution in [0.5, 0.6) is 0 Å². The van der Waals surface area contributed by atoms with Crippen LogP contribution in [0.15, 0.2) is 23.1 Å². The third-order valence-corrected chi connectivity index (χ3v) is 5.10. The van der Waals surface area contributed by atoms with Gasteiger partial charge in [0.05, 0.1) is 16.5 Å². The zero-order chi connectivity index (χ0) is 13.4. The zero-order valence-corrected chi connectivity index (χ0v) is 11.3. The van der Waals surface area contributed by atoms with E-state index in [1.807, 2.05) is 13.0 Å². The van der Waals surface area contributed by atoms with Crippen LogP contribution in [0.25, 0.3) is 0 Å². The molecule has 96 valence electrons. The quantitative estimate of drug-likeness (QED) is 0.908. The Bertz CT molecular complexity index is 610. The predicted octanol–water partition coefficient (Wildman–Crippen LogP) is 2.09. The highest BCUT2D eigenvalue weighted by Gasteiger charge is 2.36. The van der Waals surface area contributed by atoms with Crippen LogP contribution in [-0.2, 0) is 10.0 Å². The van der Waals surface area contributed by atoms with Crippen molar-refractivity contribution in [3.05, 3.63) is 29.3 Å². The highest BCUT2D eigenvalue weighted by molar-refractivity contribution is 7.89. The maximum absolute atomic E-state index is 12.2. The molecule has 0 radical (unpaired) electrons. The van der Waals surface area contributed by atoms with Gasteiger partial charge in [-0.1, -0.05) is 0 Å². The largest absolute Gasteiger partial charge is 0.241 e. The Balaban J connectivity index is 2.30. The third-order valence-electron chi connectivity index (χ3n) is 3.47. The van der Waals surface area contributed by atoms with Crippen molar-refractivity contribution in [3.8, 4) is 6.07 Å². The normalized spacial score (nSPS) is 17.8. The van der Waals surface area contributed by atoms with Crippen LogP contribution >= 0.6 is 0 Å². The van der Waals surface area contributed by atoms with E-state index in [2.05, 4.69) is 4.72 Å². The second-order valence-electron chi connectivity index (χ2n) is 5.11. The highest BCUT2D eigenvalue weighted by Crippen LogP contribution is 2.32. The number of nitrogens with zero attached hydrogens (tertiary/aromatic N) is 1. The van der Waals surface area contributed by atoms with E-state index in [4.69, 9.17) is 5.26 Å². The van der Waals surface area contributed by atoms with E-state index in [1.54, 1.807) is 19.1 Å². The Morgan fingerprint density at radius 2 is 2.06 bits per heavy atom. The van der Waals surface area contributed by atoms with Gasteiger partial charge in [-0.2, -0.15) is 5.26 Å². The highest BCUT2D eigenvalue weighted by atomic mass is 32.2. The van der Waals surface area contributed by atoms with E-state index in [0.717, 1.165) is 19.3 Å². The summed E-state index contributed by atoms with van der Waals surface area (Å²) in [6, 6.07) is 6.60. The van der Waals surface area contributed by atoms with Gasteiger partial charge in [0.15, 0.2) is 0 Å². The van der Waals surface area contributed by atoms with Crippen molar-refractivity contribution in [3.63, 3.8) is 0 Å². The third kappa shape index (κ3) is 2.40. The molecular formula is C13H16N2O2S. The number of nitrogens with one attached hydrogen (secondary N) is 1. The van der Waals surface area contributed by atoms with Gasteiger partial charge in [-0.05, 0) is 56.9 Å². The summed E-state index contributed by atoms with van der Waals surface area (Å²) in [7, 11) is -3.49. The molecule has 0 saturated heterocycles. The van der Waals surface area contributed by atoms with E-state index in [9.17, 15) is 8.42 Å². The van der Waals surface area contributed by atoms with Gasteiger partial charge in [0.25, 0.3) is 0 Å². The first-order valence-electron chi connectivity index (χ1n) is 5.91. The van der Waals surface area contributed by atoms with Gasteiger partial charge < -0.3 is 0 Å². The van der Waals surface area contributed by atoms with Crippen molar-refractivity contribution in [1.82, 2.24) is 4.72 Å². The molecule has 0 bridgehead atoms. The maximum Gasteiger partial charge on any atom is 0.241 e. The fourth-order valence-corrected chi connectivity index (χ4v) is 3.67. The van der Waals surface area contributed by atoms with Crippen molar-refractivity contribution in [1.29, 1.82) is 5.26 Å². The number of rotatable bonds is 3. The van der Waals surface area contributed by atoms with Crippen LogP contribution in [0, 0.1) is 18.3 Å². The number of hydrogen-bond donors (Lipinski definition) is 1. The van der Waals surface area contributed by atoms with Crippen LogP contribution in [0.4, 0.5) is 0 Å². The first-order chi connectivity index (χ1) is 8.36. The summed E-state index contributed by atoms with van der Waals surface area (Å²) in [5.74, 6) is 0. The molecule has 5 heteroatoms. The van der Waals surface area contributed by atoms with Gasteiger partial charge in [0, 0.05) is 5.54 Å². The van der Waals surface area contributed by atoms with Crippen molar-refractivity contribution in [2.45, 2.75) is 43.5 Å². The molecule has 0 unspecified atom stereocenters. The van der Waals surface area contributed by atoms with Crippen LogP contribution < -0.4 is 4.72 Å². The lowest BCUT2D eigenvalue weighted by atomic mass is 9.80. The average molecular weight is 264 g/mol. The average Bonchev–Trinajstić information content (AvgIpc) is 2.26. The van der Waals surface area contributed by atoms with Crippen LogP contribution in [-0.4, -0.2) is 14.0 Å². The second kappa shape index (κ2) is 4.38. The molecule has 2 rings (SSSR count). The fraction of sp³-hybridized carbons (Fsp3) is 0.462. The van der Waals surface area contributed by atoms with E-state index in [0.29, 0.717) is 11.1 Å². The lowest BCUT2D eigenvalue weighted by molar-refractivity contribution is 0.248. The van der Waals surface area contributed by atoms with E-state index >= 15 is 0 Å². The fourth-order valence-electron chi connectivity index (χ4n) is 2.12. The van der Waals surface area contributed by atoms with E-state index in [-0.39, 0.29) is 10.4 Å². The van der Waals surface area contributed by atoms with Crippen molar-refractivity contribution < 1.29 is 8.42 Å². The van der Waals surface area contributed by atoms with Crippen LogP contribution in [0.3, 0.4) is 0 Å². The predicted molar refractivity (Wildman–Crippen MR) is 68.5 cm³/mol. The number of benzene rings is 1. The Morgan fingerprint density at radius 1 is 1.39 bits per heavy atom. The molecule has 0 aliphatic heterocycles. The monoisotopic (exact) mass is 264 g/mol. The zero-order valence-electron chi connectivity index (χ0n) is 10.5. The SMILES string of the molecule is Cc1cc(S(=O)(=O)NC2(C)CCC2)ccc1C#N. The summed E-state index contributed by atoms with van der Waals surface area (Å²) in [6.07, 6.45) is 2.81. The van der Waals surface area contributed by atoms with Crippen LogP contribution in [0.1, 0.15) is 37.3 Å². The van der Waals surface area contributed by atoms with Gasteiger partial charge in [0.1, 0.15) is 0 Å². The second-order valence-corrected chi connectivity index (χ2v) is 6.79. The smallest absolute Gasteiger partial charge is 0.207 e. The first-order valence-corrected chi connectivity index (χ1v) is 7.39. The lowest BCUT2D eigenvalue weighted by Crippen LogP contribution is -2.50. The molecule has 1 N–H and O–H groups in total. The summed E-state index contributed by atoms with van der Waals surface area (Å²) < 4.78 is 27.1. The molecule has 18 heavy (non-hydrogen) atoms. The molecule has 0 spiro atoms. The molecule has 0 atom stereocenters. The number of nitriles is 1.